The smallest absolute Gasteiger partial charge is 0.0897 e. The summed E-state index contributed by atoms with van der Waals surface area (Å²) in [7, 11) is 1.91. The van der Waals surface area contributed by atoms with Crippen LogP contribution >= 0.6 is 0 Å². The molecular weight excluding hydrogens is 230 g/mol. The third kappa shape index (κ3) is 5.16. The van der Waals surface area contributed by atoms with Crippen LogP contribution in [-0.2, 0) is 18.2 Å². The molecule has 1 aromatic heterocycles. The van der Waals surface area contributed by atoms with E-state index in [1.54, 1.807) is 4.68 Å². The van der Waals surface area contributed by atoms with Crippen molar-refractivity contribution in [1.82, 2.24) is 15.1 Å². The van der Waals surface area contributed by atoms with Gasteiger partial charge in [-0.15, -0.1) is 0 Å². The number of nitrogens with zero attached hydrogens (tertiary/aromatic N) is 2. The molecule has 2 rings (SSSR count). The molecule has 102 valence electrons. The summed E-state index contributed by atoms with van der Waals surface area (Å²) in [6.45, 7) is 2.66. The van der Waals surface area contributed by atoms with Crippen molar-refractivity contribution in [3.63, 3.8) is 0 Å². The predicted molar refractivity (Wildman–Crippen MR) is 69.3 cm³/mol. The fraction of sp³-hybridized carbons (Fsp3) is 0.769. The van der Waals surface area contributed by atoms with Crippen LogP contribution in [0.3, 0.4) is 0 Å². The average Bonchev–Trinajstić information content (AvgIpc) is 3.07. The Hall–Kier alpha value is -0.910. The lowest BCUT2D eigenvalue weighted by molar-refractivity contribution is 0.0327. The normalized spacial score (nSPS) is 17.0. The van der Waals surface area contributed by atoms with E-state index >= 15 is 0 Å². The predicted octanol–water partition coefficient (Wildman–Crippen LogP) is 0.340. The van der Waals surface area contributed by atoms with E-state index in [0.717, 1.165) is 31.2 Å². The molecule has 2 N–H and O–H groups in total. The van der Waals surface area contributed by atoms with Gasteiger partial charge in [0.05, 0.1) is 18.4 Å². The van der Waals surface area contributed by atoms with Gasteiger partial charge < -0.3 is 15.2 Å². The first-order chi connectivity index (χ1) is 8.74. The summed E-state index contributed by atoms with van der Waals surface area (Å²) in [5.74, 6) is 0.759. The topological polar surface area (TPSA) is 59.3 Å². The Bertz CT molecular complexity index is 350. The molecule has 0 aliphatic heterocycles. The van der Waals surface area contributed by atoms with Gasteiger partial charge >= 0.3 is 0 Å². The fourth-order valence-electron chi connectivity index (χ4n) is 1.80. The highest BCUT2D eigenvalue weighted by Crippen LogP contribution is 2.28. The summed E-state index contributed by atoms with van der Waals surface area (Å²) in [5, 5.41) is 17.2. The highest BCUT2D eigenvalue weighted by Gasteiger charge is 2.21. The van der Waals surface area contributed by atoms with Gasteiger partial charge in [0.1, 0.15) is 0 Å². The van der Waals surface area contributed by atoms with Crippen LogP contribution in [-0.4, -0.2) is 47.3 Å². The zero-order chi connectivity index (χ0) is 12.8. The van der Waals surface area contributed by atoms with Gasteiger partial charge in [-0.1, -0.05) is 0 Å². The molecule has 1 aromatic rings. The van der Waals surface area contributed by atoms with Crippen LogP contribution in [0.5, 0.6) is 0 Å². The Morgan fingerprint density at radius 3 is 3.11 bits per heavy atom. The molecule has 18 heavy (non-hydrogen) atoms. The molecule has 0 saturated heterocycles. The lowest BCUT2D eigenvalue weighted by atomic mass is 10.3. The van der Waals surface area contributed by atoms with Crippen LogP contribution in [0.1, 0.15) is 18.5 Å². The zero-order valence-corrected chi connectivity index (χ0v) is 11.0. The first-order valence-electron chi connectivity index (χ1n) is 6.69. The lowest BCUT2D eigenvalue weighted by Crippen LogP contribution is -2.31. The van der Waals surface area contributed by atoms with Gasteiger partial charge in [0.15, 0.2) is 0 Å². The minimum Gasteiger partial charge on any atom is -0.389 e. The average molecular weight is 253 g/mol. The van der Waals surface area contributed by atoms with E-state index in [1.165, 1.54) is 12.8 Å². The summed E-state index contributed by atoms with van der Waals surface area (Å²) >= 11 is 0. The van der Waals surface area contributed by atoms with Crippen LogP contribution < -0.4 is 5.32 Å². The number of rotatable bonds is 9. The number of hydrogen-bond acceptors (Lipinski definition) is 4. The third-order valence-electron chi connectivity index (χ3n) is 3.07. The number of aliphatic hydroxyl groups excluding tert-OH is 1. The molecular formula is C13H23N3O2. The molecule has 1 aliphatic rings. The van der Waals surface area contributed by atoms with Gasteiger partial charge in [-0.05, 0) is 24.8 Å². The molecule has 1 unspecified atom stereocenters. The first kappa shape index (κ1) is 13.5. The number of ether oxygens (including phenoxy) is 1. The molecule has 0 aromatic carbocycles. The van der Waals surface area contributed by atoms with Crippen molar-refractivity contribution in [3.8, 4) is 0 Å². The van der Waals surface area contributed by atoms with Crippen molar-refractivity contribution in [2.75, 3.05) is 26.3 Å². The van der Waals surface area contributed by atoms with E-state index in [2.05, 4.69) is 10.4 Å². The van der Waals surface area contributed by atoms with Gasteiger partial charge in [-0.3, -0.25) is 4.68 Å². The van der Waals surface area contributed by atoms with Crippen LogP contribution in [0.4, 0.5) is 0 Å². The van der Waals surface area contributed by atoms with E-state index in [1.807, 2.05) is 19.3 Å². The summed E-state index contributed by atoms with van der Waals surface area (Å²) in [6.07, 6.45) is 5.00. The van der Waals surface area contributed by atoms with Crippen molar-refractivity contribution in [2.24, 2.45) is 13.0 Å². The summed E-state index contributed by atoms with van der Waals surface area (Å²) < 4.78 is 7.23. The number of aliphatic hydroxyl groups is 1. The molecule has 1 fully saturated rings. The SMILES string of the molecule is Cn1ccc(CCNCC(O)COCC2CC2)n1. The molecule has 0 radical (unpaired) electrons. The van der Waals surface area contributed by atoms with Gasteiger partial charge in [-0.2, -0.15) is 5.10 Å². The Kier molecular flexibility index (Phi) is 5.16. The van der Waals surface area contributed by atoms with Crippen molar-refractivity contribution < 1.29 is 9.84 Å². The van der Waals surface area contributed by atoms with Gasteiger partial charge in [-0.25, -0.2) is 0 Å². The maximum atomic E-state index is 9.68. The first-order valence-corrected chi connectivity index (χ1v) is 6.69. The standard InChI is InChI=1S/C13H23N3O2/c1-16-7-5-12(15-16)4-6-14-8-13(17)10-18-9-11-2-3-11/h5,7,11,13-14,17H,2-4,6,8-10H2,1H3. The minimum absolute atomic E-state index is 0.410. The number of hydrogen-bond donors (Lipinski definition) is 2. The monoisotopic (exact) mass is 253 g/mol. The van der Waals surface area contributed by atoms with Crippen LogP contribution in [0.2, 0.25) is 0 Å². The van der Waals surface area contributed by atoms with E-state index in [-0.39, 0.29) is 0 Å². The van der Waals surface area contributed by atoms with E-state index in [9.17, 15) is 5.11 Å². The van der Waals surface area contributed by atoms with Crippen molar-refractivity contribution in [2.45, 2.75) is 25.4 Å². The second-order valence-electron chi connectivity index (χ2n) is 5.07. The number of nitrogens with one attached hydrogen (secondary N) is 1. The Morgan fingerprint density at radius 2 is 2.44 bits per heavy atom. The second kappa shape index (κ2) is 6.87. The van der Waals surface area contributed by atoms with Crippen molar-refractivity contribution in [3.05, 3.63) is 18.0 Å². The molecule has 5 nitrogen and oxygen atoms in total. The largest absolute Gasteiger partial charge is 0.389 e. The fourth-order valence-corrected chi connectivity index (χ4v) is 1.80. The minimum atomic E-state index is -0.410. The molecule has 1 aliphatic carbocycles. The molecule has 0 amide bonds. The summed E-state index contributed by atoms with van der Waals surface area (Å²) in [4.78, 5) is 0. The van der Waals surface area contributed by atoms with E-state index in [4.69, 9.17) is 4.74 Å². The maximum Gasteiger partial charge on any atom is 0.0897 e. The second-order valence-corrected chi connectivity index (χ2v) is 5.07. The van der Waals surface area contributed by atoms with E-state index in [0.29, 0.717) is 13.2 Å². The van der Waals surface area contributed by atoms with Crippen molar-refractivity contribution >= 4 is 0 Å². The van der Waals surface area contributed by atoms with Crippen molar-refractivity contribution in [1.29, 1.82) is 0 Å². The summed E-state index contributed by atoms with van der Waals surface area (Å²) in [6, 6.07) is 2.01. The molecule has 0 spiro atoms. The highest BCUT2D eigenvalue weighted by molar-refractivity contribution is 4.98. The molecule has 5 heteroatoms. The lowest BCUT2D eigenvalue weighted by Gasteiger charge is -2.11. The molecule has 1 heterocycles. The van der Waals surface area contributed by atoms with Gasteiger partial charge in [0, 0.05) is 39.4 Å². The summed E-state index contributed by atoms with van der Waals surface area (Å²) in [5.41, 5.74) is 1.07. The third-order valence-corrected chi connectivity index (χ3v) is 3.07. The highest BCUT2D eigenvalue weighted by atomic mass is 16.5. The van der Waals surface area contributed by atoms with Crippen LogP contribution in [0.25, 0.3) is 0 Å². The zero-order valence-electron chi connectivity index (χ0n) is 11.0. The molecule has 1 saturated carbocycles. The Morgan fingerprint density at radius 1 is 1.61 bits per heavy atom. The number of aromatic nitrogens is 2. The Balaban J connectivity index is 1.46. The molecule has 1 atom stereocenters. The van der Waals surface area contributed by atoms with Gasteiger partial charge in [0.2, 0.25) is 0 Å². The van der Waals surface area contributed by atoms with Gasteiger partial charge in [0.25, 0.3) is 0 Å². The van der Waals surface area contributed by atoms with Crippen LogP contribution in [0.15, 0.2) is 12.3 Å². The number of aryl methyl sites for hydroxylation is 1. The van der Waals surface area contributed by atoms with Crippen LogP contribution in [0, 0.1) is 5.92 Å². The quantitative estimate of drug-likeness (QED) is 0.623. The van der Waals surface area contributed by atoms with E-state index < -0.39 is 6.10 Å². The Labute approximate surface area is 108 Å². The maximum absolute atomic E-state index is 9.68. The molecule has 0 bridgehead atoms.